The lowest BCUT2D eigenvalue weighted by Gasteiger charge is -2.31. The van der Waals surface area contributed by atoms with Gasteiger partial charge in [0.05, 0.1) is 0 Å². The fourth-order valence-electron chi connectivity index (χ4n) is 3.81. The van der Waals surface area contributed by atoms with Gasteiger partial charge in [-0.1, -0.05) is 72.8 Å². The van der Waals surface area contributed by atoms with Crippen LogP contribution in [0.1, 0.15) is 18.4 Å². The number of carbonyl (C=O) groups excluding carboxylic acids is 1. The minimum Gasteiger partial charge on any atom is -0.326 e. The molecule has 0 unspecified atom stereocenters. The lowest BCUT2D eigenvalue weighted by Crippen LogP contribution is -2.37. The second kappa shape index (κ2) is 8.85. The molecule has 3 aromatic carbocycles. The van der Waals surface area contributed by atoms with E-state index in [1.165, 1.54) is 16.7 Å². The van der Waals surface area contributed by atoms with Gasteiger partial charge in [-0.15, -0.1) is 0 Å². The molecule has 4 rings (SSSR count). The van der Waals surface area contributed by atoms with E-state index >= 15 is 0 Å². The number of benzene rings is 3. The van der Waals surface area contributed by atoms with Crippen LogP contribution in [0.15, 0.2) is 84.9 Å². The summed E-state index contributed by atoms with van der Waals surface area (Å²) in [5.74, 6) is 0.259. The highest BCUT2D eigenvalue weighted by Crippen LogP contribution is 2.23. The lowest BCUT2D eigenvalue weighted by atomic mass is 9.95. The summed E-state index contributed by atoms with van der Waals surface area (Å²) < 4.78 is 0. The van der Waals surface area contributed by atoms with E-state index in [0.717, 1.165) is 38.2 Å². The topological polar surface area (TPSA) is 32.3 Å². The van der Waals surface area contributed by atoms with Crippen molar-refractivity contribution in [2.75, 3.05) is 18.4 Å². The van der Waals surface area contributed by atoms with Gasteiger partial charge in [0, 0.05) is 18.2 Å². The number of amides is 1. The molecular formula is C25H26N2O. The standard InChI is InChI=1S/C25H26N2O/c28-25(26-24-9-5-2-6-10-24)23-15-17-27(18-16-23)19-20-11-13-22(14-12-20)21-7-3-1-4-8-21/h1-14,23H,15-19H2,(H,26,28). The summed E-state index contributed by atoms with van der Waals surface area (Å²) in [6.45, 7) is 2.88. The predicted molar refractivity (Wildman–Crippen MR) is 115 cm³/mol. The third kappa shape index (κ3) is 4.68. The Hall–Kier alpha value is -2.91. The molecule has 0 atom stereocenters. The van der Waals surface area contributed by atoms with Crippen LogP contribution in [-0.4, -0.2) is 23.9 Å². The molecule has 1 aliphatic rings. The highest BCUT2D eigenvalue weighted by atomic mass is 16.1. The quantitative estimate of drug-likeness (QED) is 0.669. The van der Waals surface area contributed by atoms with Gasteiger partial charge in [0.2, 0.25) is 5.91 Å². The van der Waals surface area contributed by atoms with E-state index in [-0.39, 0.29) is 11.8 Å². The monoisotopic (exact) mass is 370 g/mol. The van der Waals surface area contributed by atoms with Crippen LogP contribution in [0.2, 0.25) is 0 Å². The van der Waals surface area contributed by atoms with E-state index in [1.54, 1.807) is 0 Å². The maximum Gasteiger partial charge on any atom is 0.227 e. The summed E-state index contributed by atoms with van der Waals surface area (Å²) >= 11 is 0. The van der Waals surface area contributed by atoms with Crippen molar-refractivity contribution in [3.8, 4) is 11.1 Å². The van der Waals surface area contributed by atoms with E-state index in [2.05, 4.69) is 58.7 Å². The molecule has 3 nitrogen and oxygen atoms in total. The molecule has 1 fully saturated rings. The molecule has 0 spiro atoms. The highest BCUT2D eigenvalue weighted by Gasteiger charge is 2.25. The van der Waals surface area contributed by atoms with Crippen LogP contribution < -0.4 is 5.32 Å². The Morgan fingerprint density at radius 3 is 2.00 bits per heavy atom. The van der Waals surface area contributed by atoms with E-state index < -0.39 is 0 Å². The zero-order chi connectivity index (χ0) is 19.2. The summed E-state index contributed by atoms with van der Waals surface area (Å²) in [5, 5.41) is 3.04. The Balaban J connectivity index is 1.28. The van der Waals surface area contributed by atoms with Crippen LogP contribution in [0.25, 0.3) is 11.1 Å². The molecule has 0 bridgehead atoms. The summed E-state index contributed by atoms with van der Waals surface area (Å²) in [7, 11) is 0. The molecule has 1 heterocycles. The van der Waals surface area contributed by atoms with Crippen molar-refractivity contribution in [3.05, 3.63) is 90.5 Å². The van der Waals surface area contributed by atoms with Crippen LogP contribution in [-0.2, 0) is 11.3 Å². The molecule has 3 aromatic rings. The van der Waals surface area contributed by atoms with Crippen molar-refractivity contribution in [1.29, 1.82) is 0 Å². The van der Waals surface area contributed by atoms with Gasteiger partial charge in [-0.25, -0.2) is 0 Å². The number of hydrogen-bond acceptors (Lipinski definition) is 2. The number of nitrogens with zero attached hydrogens (tertiary/aromatic N) is 1. The van der Waals surface area contributed by atoms with Gasteiger partial charge in [-0.2, -0.15) is 0 Å². The molecule has 0 saturated carbocycles. The van der Waals surface area contributed by atoms with Crippen LogP contribution >= 0.6 is 0 Å². The smallest absolute Gasteiger partial charge is 0.227 e. The molecule has 28 heavy (non-hydrogen) atoms. The lowest BCUT2D eigenvalue weighted by molar-refractivity contribution is -0.121. The van der Waals surface area contributed by atoms with Gasteiger partial charge in [0.15, 0.2) is 0 Å². The SMILES string of the molecule is O=C(Nc1ccccc1)C1CCN(Cc2ccc(-c3ccccc3)cc2)CC1. The Morgan fingerprint density at radius 2 is 1.36 bits per heavy atom. The number of rotatable bonds is 5. The van der Waals surface area contributed by atoms with E-state index in [1.807, 2.05) is 36.4 Å². The number of piperidine rings is 1. The van der Waals surface area contributed by atoms with Gasteiger partial charge in [0.25, 0.3) is 0 Å². The van der Waals surface area contributed by atoms with E-state index in [9.17, 15) is 4.79 Å². The highest BCUT2D eigenvalue weighted by molar-refractivity contribution is 5.92. The first-order valence-electron chi connectivity index (χ1n) is 10.0. The molecule has 1 N–H and O–H groups in total. The average Bonchev–Trinajstić information content (AvgIpc) is 2.76. The normalized spacial score (nSPS) is 15.3. The zero-order valence-corrected chi connectivity index (χ0v) is 16.1. The Kier molecular flexibility index (Phi) is 5.83. The van der Waals surface area contributed by atoms with Crippen molar-refractivity contribution in [1.82, 2.24) is 4.90 Å². The first kappa shape index (κ1) is 18.5. The Morgan fingerprint density at radius 1 is 0.786 bits per heavy atom. The van der Waals surface area contributed by atoms with Gasteiger partial charge in [0.1, 0.15) is 0 Å². The molecule has 1 saturated heterocycles. The van der Waals surface area contributed by atoms with Crippen LogP contribution in [0, 0.1) is 5.92 Å². The summed E-state index contributed by atoms with van der Waals surface area (Å²) in [4.78, 5) is 14.9. The minimum absolute atomic E-state index is 0.108. The molecule has 142 valence electrons. The fourth-order valence-corrected chi connectivity index (χ4v) is 3.81. The number of nitrogens with one attached hydrogen (secondary N) is 1. The molecular weight excluding hydrogens is 344 g/mol. The first-order valence-corrected chi connectivity index (χ1v) is 10.0. The maximum absolute atomic E-state index is 12.5. The van der Waals surface area contributed by atoms with Crippen LogP contribution in [0.3, 0.4) is 0 Å². The van der Waals surface area contributed by atoms with Crippen molar-refractivity contribution in [2.24, 2.45) is 5.92 Å². The zero-order valence-electron chi connectivity index (χ0n) is 16.1. The van der Waals surface area contributed by atoms with Crippen LogP contribution in [0.4, 0.5) is 5.69 Å². The number of para-hydroxylation sites is 1. The van der Waals surface area contributed by atoms with Crippen molar-refractivity contribution in [2.45, 2.75) is 19.4 Å². The van der Waals surface area contributed by atoms with Crippen LogP contribution in [0.5, 0.6) is 0 Å². The molecule has 1 amide bonds. The predicted octanol–water partition coefficient (Wildman–Crippen LogP) is 5.20. The fraction of sp³-hybridized carbons (Fsp3) is 0.240. The van der Waals surface area contributed by atoms with E-state index in [4.69, 9.17) is 0 Å². The van der Waals surface area contributed by atoms with Crippen molar-refractivity contribution < 1.29 is 4.79 Å². The third-order valence-corrected chi connectivity index (χ3v) is 5.47. The van der Waals surface area contributed by atoms with Gasteiger partial charge >= 0.3 is 0 Å². The Labute approximate surface area is 167 Å². The summed E-state index contributed by atoms with van der Waals surface area (Å²) in [5.41, 5.74) is 4.71. The minimum atomic E-state index is 0.108. The number of likely N-dealkylation sites (tertiary alicyclic amines) is 1. The molecule has 3 heteroatoms. The van der Waals surface area contributed by atoms with Gasteiger partial charge in [-0.05, 0) is 54.8 Å². The maximum atomic E-state index is 12.5. The summed E-state index contributed by atoms with van der Waals surface area (Å²) in [6, 6.07) is 29.0. The second-order valence-electron chi connectivity index (χ2n) is 7.47. The molecule has 0 aromatic heterocycles. The third-order valence-electron chi connectivity index (χ3n) is 5.47. The summed E-state index contributed by atoms with van der Waals surface area (Å²) in [6.07, 6.45) is 1.83. The molecule has 0 radical (unpaired) electrons. The number of hydrogen-bond donors (Lipinski definition) is 1. The van der Waals surface area contributed by atoms with Crippen molar-refractivity contribution in [3.63, 3.8) is 0 Å². The second-order valence-corrected chi connectivity index (χ2v) is 7.47. The number of carbonyl (C=O) groups is 1. The molecule has 0 aliphatic carbocycles. The van der Waals surface area contributed by atoms with E-state index in [0.29, 0.717) is 0 Å². The van der Waals surface area contributed by atoms with Gasteiger partial charge in [-0.3, -0.25) is 9.69 Å². The Bertz CT molecular complexity index is 883. The van der Waals surface area contributed by atoms with Gasteiger partial charge < -0.3 is 5.32 Å². The largest absolute Gasteiger partial charge is 0.326 e. The molecule has 1 aliphatic heterocycles. The van der Waals surface area contributed by atoms with Crippen molar-refractivity contribution >= 4 is 11.6 Å². The average molecular weight is 370 g/mol. The number of anilines is 1. The first-order chi connectivity index (χ1) is 13.8.